The van der Waals surface area contributed by atoms with Gasteiger partial charge in [0.05, 0.1) is 0 Å². The maximum Gasteiger partial charge on any atom is 0.140 e. The third kappa shape index (κ3) is 3.50. The van der Waals surface area contributed by atoms with Crippen LogP contribution in [0, 0.1) is 12.3 Å². The van der Waals surface area contributed by atoms with Crippen LogP contribution in [0.3, 0.4) is 0 Å². The fourth-order valence-corrected chi connectivity index (χ4v) is 2.65. The van der Waals surface area contributed by atoms with Crippen molar-refractivity contribution in [3.63, 3.8) is 0 Å². The maximum absolute atomic E-state index is 10.3. The van der Waals surface area contributed by atoms with E-state index < -0.39 is 5.60 Å². The number of aliphatic hydroxyl groups is 1. The predicted octanol–water partition coefficient (Wildman–Crippen LogP) is 1.83. The minimum absolute atomic E-state index is 0.0108. The molecular weight excluding hydrogens is 238 g/mol. The predicted molar refractivity (Wildman–Crippen MR) is 75.9 cm³/mol. The average molecular weight is 259 g/mol. The lowest BCUT2D eigenvalue weighted by Crippen LogP contribution is -2.52. The van der Waals surface area contributed by atoms with Crippen LogP contribution in [0.4, 0.5) is 0 Å². The Bertz CT molecular complexity index is 449. The smallest absolute Gasteiger partial charge is 0.140 e. The average Bonchev–Trinajstić information content (AvgIpc) is 2.43. The van der Waals surface area contributed by atoms with E-state index in [-0.39, 0.29) is 11.8 Å². The second-order valence-corrected chi connectivity index (χ2v) is 5.24. The third-order valence-electron chi connectivity index (χ3n) is 3.87. The van der Waals surface area contributed by atoms with Gasteiger partial charge >= 0.3 is 0 Å². The van der Waals surface area contributed by atoms with Gasteiger partial charge < -0.3 is 15.5 Å². The highest BCUT2D eigenvalue weighted by Crippen LogP contribution is 2.27. The lowest BCUT2D eigenvalue weighted by Gasteiger charge is -2.36. The van der Waals surface area contributed by atoms with Gasteiger partial charge in [-0.1, -0.05) is 24.5 Å². The van der Waals surface area contributed by atoms with E-state index in [0.717, 1.165) is 37.8 Å². The Morgan fingerprint density at radius 3 is 2.74 bits per heavy atom. The van der Waals surface area contributed by atoms with Gasteiger partial charge in [-0.2, -0.15) is 0 Å². The monoisotopic (exact) mass is 259 g/mol. The van der Waals surface area contributed by atoms with Gasteiger partial charge in [0, 0.05) is 6.04 Å². The number of hydrogen-bond acceptors (Lipinski definition) is 3. The molecule has 0 unspecified atom stereocenters. The van der Waals surface area contributed by atoms with Gasteiger partial charge in [0.25, 0.3) is 0 Å². The largest absolute Gasteiger partial charge is 0.508 e. The molecule has 0 saturated heterocycles. The fraction of sp³-hybridized carbons (Fsp3) is 0.500. The van der Waals surface area contributed by atoms with Crippen LogP contribution < -0.4 is 5.32 Å². The van der Waals surface area contributed by atoms with Crippen LogP contribution >= 0.6 is 0 Å². The highest BCUT2D eigenvalue weighted by atomic mass is 16.3. The van der Waals surface area contributed by atoms with Gasteiger partial charge in [0.2, 0.25) is 0 Å². The van der Waals surface area contributed by atoms with Gasteiger partial charge in [0.15, 0.2) is 0 Å². The van der Waals surface area contributed by atoms with Gasteiger partial charge in [0.1, 0.15) is 11.4 Å². The topological polar surface area (TPSA) is 52.5 Å². The molecule has 3 N–H and O–H groups in total. The van der Waals surface area contributed by atoms with Gasteiger partial charge in [-0.3, -0.25) is 0 Å². The first-order valence-electron chi connectivity index (χ1n) is 6.85. The molecule has 0 bridgehead atoms. The second kappa shape index (κ2) is 6.10. The first-order chi connectivity index (χ1) is 9.14. The summed E-state index contributed by atoms with van der Waals surface area (Å²) in [5, 5.41) is 22.9. The summed E-state index contributed by atoms with van der Waals surface area (Å²) in [6, 6.07) is 7.18. The summed E-state index contributed by atoms with van der Waals surface area (Å²) in [6.07, 6.45) is 10.0. The Labute approximate surface area is 114 Å². The minimum atomic E-state index is -0.993. The molecule has 0 aliphatic heterocycles. The lowest BCUT2D eigenvalue weighted by molar-refractivity contribution is 0.0265. The second-order valence-electron chi connectivity index (χ2n) is 5.24. The van der Waals surface area contributed by atoms with Crippen LogP contribution in [0.1, 0.15) is 31.2 Å². The lowest BCUT2D eigenvalue weighted by atomic mass is 9.81. The maximum atomic E-state index is 10.3. The molecule has 1 fully saturated rings. The number of rotatable bonds is 4. The van der Waals surface area contributed by atoms with Crippen LogP contribution in [0.15, 0.2) is 24.3 Å². The van der Waals surface area contributed by atoms with E-state index in [4.69, 9.17) is 6.42 Å². The zero-order valence-corrected chi connectivity index (χ0v) is 11.1. The number of phenols is 1. The van der Waals surface area contributed by atoms with E-state index in [9.17, 15) is 10.2 Å². The van der Waals surface area contributed by atoms with Crippen molar-refractivity contribution in [1.29, 1.82) is 0 Å². The molecule has 1 aromatic carbocycles. The molecular formula is C16H21NO2. The SMILES string of the molecule is C#C[C@]1(O)CCCC[C@@H]1NCCc1ccc(O)cc1. The van der Waals surface area contributed by atoms with E-state index in [1.165, 1.54) is 0 Å². The Hall–Kier alpha value is -1.50. The molecule has 1 aromatic rings. The molecule has 3 heteroatoms. The summed E-state index contributed by atoms with van der Waals surface area (Å²) in [5.74, 6) is 2.83. The number of nitrogens with one attached hydrogen (secondary N) is 1. The van der Waals surface area contributed by atoms with Crippen molar-refractivity contribution in [3.05, 3.63) is 29.8 Å². The molecule has 0 heterocycles. The van der Waals surface area contributed by atoms with E-state index in [1.54, 1.807) is 12.1 Å². The third-order valence-corrected chi connectivity index (χ3v) is 3.87. The minimum Gasteiger partial charge on any atom is -0.508 e. The van der Waals surface area contributed by atoms with E-state index in [2.05, 4.69) is 11.2 Å². The standard InChI is InChI=1S/C16H21NO2/c1-2-16(19)11-4-3-5-15(16)17-12-10-13-6-8-14(18)9-7-13/h1,6-9,15,17-19H,3-5,10-12H2/t15-,16-/m0/s1. The van der Waals surface area contributed by atoms with Crippen molar-refractivity contribution in [2.24, 2.45) is 0 Å². The van der Waals surface area contributed by atoms with Gasteiger partial charge in [-0.05, 0) is 49.9 Å². The molecule has 3 nitrogen and oxygen atoms in total. The van der Waals surface area contributed by atoms with Crippen LogP contribution in [0.5, 0.6) is 5.75 Å². The van der Waals surface area contributed by atoms with Crippen LogP contribution in [-0.2, 0) is 6.42 Å². The Morgan fingerprint density at radius 1 is 1.32 bits per heavy atom. The van der Waals surface area contributed by atoms with Crippen LogP contribution in [0.2, 0.25) is 0 Å². The molecule has 0 amide bonds. The quantitative estimate of drug-likeness (QED) is 0.723. The van der Waals surface area contributed by atoms with E-state index in [0.29, 0.717) is 6.42 Å². The van der Waals surface area contributed by atoms with Crippen LogP contribution in [-0.4, -0.2) is 28.4 Å². The number of aromatic hydroxyl groups is 1. The molecule has 1 aliphatic rings. The van der Waals surface area contributed by atoms with Crippen molar-refractivity contribution >= 4 is 0 Å². The summed E-state index contributed by atoms with van der Waals surface area (Å²) in [4.78, 5) is 0. The summed E-state index contributed by atoms with van der Waals surface area (Å²) in [7, 11) is 0. The summed E-state index contributed by atoms with van der Waals surface area (Å²) in [5.41, 5.74) is 0.165. The molecule has 0 aromatic heterocycles. The Balaban J connectivity index is 1.85. The van der Waals surface area contributed by atoms with Gasteiger partial charge in [-0.25, -0.2) is 0 Å². The first kappa shape index (κ1) is 13.9. The summed E-state index contributed by atoms with van der Waals surface area (Å²) < 4.78 is 0. The Kier molecular flexibility index (Phi) is 4.47. The zero-order chi connectivity index (χ0) is 13.7. The van der Waals surface area contributed by atoms with Crippen molar-refractivity contribution in [1.82, 2.24) is 5.32 Å². The molecule has 0 spiro atoms. The van der Waals surface area contributed by atoms with Crippen molar-refractivity contribution in [3.8, 4) is 18.1 Å². The molecule has 2 atom stereocenters. The fourth-order valence-electron chi connectivity index (χ4n) is 2.65. The number of hydrogen-bond donors (Lipinski definition) is 3. The molecule has 2 rings (SSSR count). The van der Waals surface area contributed by atoms with E-state index in [1.807, 2.05) is 12.1 Å². The Morgan fingerprint density at radius 2 is 2.05 bits per heavy atom. The van der Waals surface area contributed by atoms with Crippen LogP contribution in [0.25, 0.3) is 0 Å². The van der Waals surface area contributed by atoms with Crippen molar-refractivity contribution in [2.75, 3.05) is 6.54 Å². The first-order valence-corrected chi connectivity index (χ1v) is 6.85. The summed E-state index contributed by atoms with van der Waals surface area (Å²) >= 11 is 0. The summed E-state index contributed by atoms with van der Waals surface area (Å²) in [6.45, 7) is 0.777. The molecule has 0 radical (unpaired) electrons. The number of benzene rings is 1. The highest BCUT2D eigenvalue weighted by molar-refractivity contribution is 5.26. The van der Waals surface area contributed by atoms with Crippen molar-refractivity contribution < 1.29 is 10.2 Å². The zero-order valence-electron chi connectivity index (χ0n) is 11.1. The highest BCUT2D eigenvalue weighted by Gasteiger charge is 2.36. The number of terminal acetylenes is 1. The molecule has 1 saturated carbocycles. The molecule has 19 heavy (non-hydrogen) atoms. The van der Waals surface area contributed by atoms with Gasteiger partial charge in [-0.15, -0.1) is 6.42 Å². The normalized spacial score (nSPS) is 26.8. The molecule has 102 valence electrons. The molecule has 1 aliphatic carbocycles. The van der Waals surface area contributed by atoms with E-state index >= 15 is 0 Å². The van der Waals surface area contributed by atoms with Crippen molar-refractivity contribution in [2.45, 2.75) is 43.7 Å². The number of phenolic OH excluding ortho intramolecular Hbond substituents is 1.